The summed E-state index contributed by atoms with van der Waals surface area (Å²) in [6, 6.07) is 9.95. The standard InChI is InChI=1S/C18H27N3O2S/c1-18(2)15(14-9-11-23-16(14)18)21-17(19-3)20-10-12-24(22)13-7-5-4-6-8-13/h4-8,14-16H,9-12H2,1-3H3,(H2,19,20,21). The van der Waals surface area contributed by atoms with Crippen LogP contribution < -0.4 is 10.6 Å². The molecule has 1 aromatic carbocycles. The first-order valence-corrected chi connectivity index (χ1v) is 9.88. The minimum Gasteiger partial charge on any atom is -0.377 e. The second kappa shape index (κ2) is 7.23. The van der Waals surface area contributed by atoms with Gasteiger partial charge in [0.05, 0.1) is 16.9 Å². The molecule has 0 spiro atoms. The molecule has 3 rings (SSSR count). The predicted molar refractivity (Wildman–Crippen MR) is 97.6 cm³/mol. The van der Waals surface area contributed by atoms with Crippen LogP contribution in [0.3, 0.4) is 0 Å². The van der Waals surface area contributed by atoms with Crippen LogP contribution in [0.25, 0.3) is 0 Å². The van der Waals surface area contributed by atoms with Crippen molar-refractivity contribution in [1.82, 2.24) is 10.6 Å². The maximum atomic E-state index is 12.3. The molecule has 0 bridgehead atoms. The Hall–Kier alpha value is -1.40. The van der Waals surface area contributed by atoms with Gasteiger partial charge in [0.1, 0.15) is 0 Å². The van der Waals surface area contributed by atoms with E-state index in [2.05, 4.69) is 29.5 Å². The van der Waals surface area contributed by atoms with Crippen molar-refractivity contribution in [2.75, 3.05) is 26.0 Å². The van der Waals surface area contributed by atoms with Crippen molar-refractivity contribution in [3.63, 3.8) is 0 Å². The Kier molecular flexibility index (Phi) is 5.25. The molecule has 4 unspecified atom stereocenters. The third-order valence-electron chi connectivity index (χ3n) is 5.20. The van der Waals surface area contributed by atoms with Crippen LogP contribution in [0.4, 0.5) is 0 Å². The molecule has 0 amide bonds. The van der Waals surface area contributed by atoms with E-state index in [1.165, 1.54) is 0 Å². The van der Waals surface area contributed by atoms with Gasteiger partial charge in [-0.05, 0) is 18.6 Å². The van der Waals surface area contributed by atoms with Crippen LogP contribution in [0.2, 0.25) is 0 Å². The predicted octanol–water partition coefficient (Wildman–Crippen LogP) is 1.77. The van der Waals surface area contributed by atoms with Crippen LogP contribution in [0, 0.1) is 11.3 Å². The maximum absolute atomic E-state index is 12.3. The number of nitrogens with zero attached hydrogens (tertiary/aromatic N) is 1. The Balaban J connectivity index is 1.48. The van der Waals surface area contributed by atoms with Crippen molar-refractivity contribution in [2.45, 2.75) is 37.3 Å². The second-order valence-electron chi connectivity index (χ2n) is 7.05. The first kappa shape index (κ1) is 17.4. The van der Waals surface area contributed by atoms with Crippen molar-refractivity contribution in [2.24, 2.45) is 16.3 Å². The molecule has 0 aromatic heterocycles. The highest BCUT2D eigenvalue weighted by atomic mass is 32.2. The molecule has 2 fully saturated rings. The van der Waals surface area contributed by atoms with Crippen LogP contribution in [0.5, 0.6) is 0 Å². The number of nitrogens with one attached hydrogen (secondary N) is 2. The highest BCUT2D eigenvalue weighted by molar-refractivity contribution is 7.85. The largest absolute Gasteiger partial charge is 0.377 e. The van der Waals surface area contributed by atoms with Gasteiger partial charge >= 0.3 is 0 Å². The van der Waals surface area contributed by atoms with Gasteiger partial charge in [-0.25, -0.2) is 0 Å². The molecule has 0 radical (unpaired) electrons. The van der Waals surface area contributed by atoms with Gasteiger partial charge in [0.15, 0.2) is 5.96 Å². The van der Waals surface area contributed by atoms with Crippen molar-refractivity contribution < 1.29 is 8.95 Å². The first-order chi connectivity index (χ1) is 11.5. The number of rotatable bonds is 5. The minimum absolute atomic E-state index is 0.117. The smallest absolute Gasteiger partial charge is 0.191 e. The summed E-state index contributed by atoms with van der Waals surface area (Å²) >= 11 is 0. The van der Waals surface area contributed by atoms with Gasteiger partial charge < -0.3 is 15.4 Å². The highest BCUT2D eigenvalue weighted by Gasteiger charge is 2.59. The molecule has 2 aliphatic rings. The molecule has 5 nitrogen and oxygen atoms in total. The summed E-state index contributed by atoms with van der Waals surface area (Å²) in [5, 5.41) is 6.83. The molecule has 1 aliphatic heterocycles. The van der Waals surface area contributed by atoms with Crippen molar-refractivity contribution in [3.05, 3.63) is 30.3 Å². The fraction of sp³-hybridized carbons (Fsp3) is 0.611. The fourth-order valence-corrected chi connectivity index (χ4v) is 4.90. The first-order valence-electron chi connectivity index (χ1n) is 8.56. The lowest BCUT2D eigenvalue weighted by Crippen LogP contribution is -2.68. The Labute approximate surface area is 146 Å². The number of hydrogen-bond donors (Lipinski definition) is 2. The number of benzene rings is 1. The van der Waals surface area contributed by atoms with Gasteiger partial charge in [0.25, 0.3) is 0 Å². The minimum atomic E-state index is -0.987. The van der Waals surface area contributed by atoms with E-state index >= 15 is 0 Å². The van der Waals surface area contributed by atoms with E-state index in [-0.39, 0.29) is 5.41 Å². The highest BCUT2D eigenvalue weighted by Crippen LogP contribution is 2.52. The number of guanidine groups is 1. The van der Waals surface area contributed by atoms with Crippen LogP contribution in [0.1, 0.15) is 20.3 Å². The molecule has 1 aromatic rings. The molecular formula is C18H27N3O2S. The Morgan fingerprint density at radius 2 is 2.12 bits per heavy atom. The average molecular weight is 350 g/mol. The summed E-state index contributed by atoms with van der Waals surface area (Å²) < 4.78 is 18.1. The summed E-state index contributed by atoms with van der Waals surface area (Å²) in [7, 11) is 0.788. The Morgan fingerprint density at radius 3 is 2.83 bits per heavy atom. The summed E-state index contributed by atoms with van der Waals surface area (Å²) in [6.07, 6.45) is 1.47. The molecule has 1 heterocycles. The van der Waals surface area contributed by atoms with E-state index in [0.717, 1.165) is 23.9 Å². The SMILES string of the molecule is CN=C(NCCS(=O)c1ccccc1)NC1C2CCOC2C1(C)C. The van der Waals surface area contributed by atoms with E-state index in [1.807, 2.05) is 30.3 Å². The third kappa shape index (κ3) is 3.35. The van der Waals surface area contributed by atoms with E-state index in [0.29, 0.717) is 30.4 Å². The van der Waals surface area contributed by atoms with Gasteiger partial charge in [-0.15, -0.1) is 0 Å². The molecule has 2 N–H and O–H groups in total. The third-order valence-corrected chi connectivity index (χ3v) is 6.58. The average Bonchev–Trinajstić information content (AvgIpc) is 3.05. The quantitative estimate of drug-likeness (QED) is 0.628. The zero-order chi connectivity index (χ0) is 17.2. The van der Waals surface area contributed by atoms with Crippen molar-refractivity contribution >= 4 is 16.8 Å². The van der Waals surface area contributed by atoms with E-state index in [1.54, 1.807) is 7.05 Å². The van der Waals surface area contributed by atoms with Crippen LogP contribution in [-0.4, -0.2) is 48.3 Å². The van der Waals surface area contributed by atoms with Crippen molar-refractivity contribution in [3.8, 4) is 0 Å². The van der Waals surface area contributed by atoms with Gasteiger partial charge in [-0.1, -0.05) is 32.0 Å². The van der Waals surface area contributed by atoms with Gasteiger partial charge in [-0.2, -0.15) is 0 Å². The Bertz CT molecular complexity index is 618. The van der Waals surface area contributed by atoms with E-state index in [9.17, 15) is 4.21 Å². The van der Waals surface area contributed by atoms with Crippen LogP contribution in [-0.2, 0) is 15.5 Å². The van der Waals surface area contributed by atoms with Gasteiger partial charge in [-0.3, -0.25) is 9.20 Å². The Morgan fingerprint density at radius 1 is 1.38 bits per heavy atom. The summed E-state index contributed by atoms with van der Waals surface area (Å²) in [5.74, 6) is 1.91. The molecule has 1 saturated carbocycles. The summed E-state index contributed by atoms with van der Waals surface area (Å²) in [4.78, 5) is 5.18. The topological polar surface area (TPSA) is 62.7 Å². The van der Waals surface area contributed by atoms with E-state index in [4.69, 9.17) is 4.74 Å². The van der Waals surface area contributed by atoms with E-state index < -0.39 is 10.8 Å². The molecular weight excluding hydrogens is 322 g/mol. The molecule has 24 heavy (non-hydrogen) atoms. The van der Waals surface area contributed by atoms with Crippen LogP contribution >= 0.6 is 0 Å². The van der Waals surface area contributed by atoms with Crippen LogP contribution in [0.15, 0.2) is 40.2 Å². The summed E-state index contributed by atoms with van der Waals surface area (Å²) in [6.45, 7) is 5.97. The number of hydrogen-bond acceptors (Lipinski definition) is 3. The molecule has 4 atom stereocenters. The molecule has 1 saturated heterocycles. The molecule has 6 heteroatoms. The zero-order valence-corrected chi connectivity index (χ0v) is 15.4. The number of ether oxygens (including phenoxy) is 1. The number of aliphatic imine (C=N–C) groups is 1. The monoisotopic (exact) mass is 349 g/mol. The lowest BCUT2D eigenvalue weighted by atomic mass is 9.57. The second-order valence-corrected chi connectivity index (χ2v) is 8.62. The number of fused-ring (bicyclic) bond motifs is 1. The van der Waals surface area contributed by atoms with Gasteiger partial charge in [0.2, 0.25) is 0 Å². The fourth-order valence-electron chi connectivity index (χ4n) is 3.91. The molecule has 1 aliphatic carbocycles. The normalized spacial score (nSPS) is 29.5. The van der Waals surface area contributed by atoms with Gasteiger partial charge in [0, 0.05) is 48.2 Å². The zero-order valence-electron chi connectivity index (χ0n) is 14.6. The molecule has 132 valence electrons. The van der Waals surface area contributed by atoms with Crippen molar-refractivity contribution in [1.29, 1.82) is 0 Å². The lowest BCUT2D eigenvalue weighted by molar-refractivity contribution is -0.106. The summed E-state index contributed by atoms with van der Waals surface area (Å²) in [5.41, 5.74) is 0.117. The maximum Gasteiger partial charge on any atom is 0.191 e. The lowest BCUT2D eigenvalue weighted by Gasteiger charge is -2.54.